The average molecular weight is 545 g/mol. The zero-order valence-electron chi connectivity index (χ0n) is 18.6. The van der Waals surface area contributed by atoms with Crippen LogP contribution >= 0.6 is 22.6 Å². The number of carbonyl (C=O) groups excluding carboxylic acids is 1. The summed E-state index contributed by atoms with van der Waals surface area (Å²) in [5, 5.41) is 0. The summed E-state index contributed by atoms with van der Waals surface area (Å²) in [4.78, 5) is 22.8. The smallest absolute Gasteiger partial charge is 0.166 e. The molecule has 1 aromatic heterocycles. The number of Topliss-reactive ketones (excluding diaryl/α,β-unsaturated/α-hetero) is 1. The van der Waals surface area contributed by atoms with Crippen LogP contribution < -0.4 is 9.64 Å². The first kappa shape index (κ1) is 22.1. The molecule has 5 nitrogen and oxygen atoms in total. The van der Waals surface area contributed by atoms with E-state index in [0.29, 0.717) is 18.9 Å². The highest BCUT2D eigenvalue weighted by Gasteiger charge is 2.30. The number of alkyl halides is 1. The Hall–Kier alpha value is -1.67. The quantitative estimate of drug-likeness (QED) is 0.262. The molecule has 5 rings (SSSR count). The van der Waals surface area contributed by atoms with Crippen LogP contribution in [0.3, 0.4) is 0 Å². The Bertz CT molecular complexity index is 935. The highest BCUT2D eigenvalue weighted by molar-refractivity contribution is 14.1. The first-order chi connectivity index (χ1) is 15.7. The van der Waals surface area contributed by atoms with E-state index in [9.17, 15) is 4.79 Å². The Morgan fingerprint density at radius 1 is 1.06 bits per heavy atom. The van der Waals surface area contributed by atoms with Gasteiger partial charge in [0.1, 0.15) is 12.4 Å². The van der Waals surface area contributed by atoms with Crippen LogP contribution in [0.2, 0.25) is 0 Å². The molecule has 0 unspecified atom stereocenters. The summed E-state index contributed by atoms with van der Waals surface area (Å²) < 4.78 is 7.00. The van der Waals surface area contributed by atoms with Crippen molar-refractivity contribution in [2.45, 2.75) is 55.4 Å². The van der Waals surface area contributed by atoms with Crippen molar-refractivity contribution in [3.8, 4) is 5.75 Å². The fourth-order valence-corrected chi connectivity index (χ4v) is 6.01. The van der Waals surface area contributed by atoms with Crippen LogP contribution in [0.5, 0.6) is 5.75 Å². The van der Waals surface area contributed by atoms with E-state index in [1.54, 1.807) is 0 Å². The first-order valence-electron chi connectivity index (χ1n) is 12.0. The van der Waals surface area contributed by atoms with Gasteiger partial charge in [-0.3, -0.25) is 4.79 Å². The van der Waals surface area contributed by atoms with E-state index in [1.807, 2.05) is 24.4 Å². The summed E-state index contributed by atoms with van der Waals surface area (Å²) in [7, 11) is 0. The SMILES string of the molecule is O=C(C[C@H]1CC[C@H](N2CCCC2)CC1)c1cccc2c1OCCN2c1ccc(CI)cn1. The third kappa shape index (κ3) is 4.67. The minimum absolute atomic E-state index is 0.224. The third-order valence-electron chi connectivity index (χ3n) is 7.33. The number of ketones is 1. The van der Waals surface area contributed by atoms with Gasteiger partial charge in [-0.25, -0.2) is 4.98 Å². The van der Waals surface area contributed by atoms with Gasteiger partial charge in [0, 0.05) is 23.1 Å². The van der Waals surface area contributed by atoms with Crippen molar-refractivity contribution in [3.05, 3.63) is 47.7 Å². The Labute approximate surface area is 204 Å². The van der Waals surface area contributed by atoms with Crippen molar-refractivity contribution < 1.29 is 9.53 Å². The first-order valence-corrected chi connectivity index (χ1v) is 13.6. The fraction of sp³-hybridized carbons (Fsp3) is 0.538. The highest BCUT2D eigenvalue weighted by atomic mass is 127. The van der Waals surface area contributed by atoms with Gasteiger partial charge in [0.15, 0.2) is 11.5 Å². The van der Waals surface area contributed by atoms with Crippen LogP contribution in [0, 0.1) is 5.92 Å². The minimum atomic E-state index is 0.224. The van der Waals surface area contributed by atoms with Crippen molar-refractivity contribution in [3.63, 3.8) is 0 Å². The normalized spacial score (nSPS) is 23.6. The molecule has 170 valence electrons. The predicted octanol–water partition coefficient (Wildman–Crippen LogP) is 5.77. The Balaban J connectivity index is 1.28. The Kier molecular flexibility index (Phi) is 6.97. The van der Waals surface area contributed by atoms with Gasteiger partial charge in [0.05, 0.1) is 17.8 Å². The maximum atomic E-state index is 13.3. The topological polar surface area (TPSA) is 45.7 Å². The number of anilines is 2. The van der Waals surface area contributed by atoms with E-state index in [4.69, 9.17) is 4.74 Å². The van der Waals surface area contributed by atoms with E-state index in [2.05, 4.69) is 49.5 Å². The van der Waals surface area contributed by atoms with Crippen molar-refractivity contribution in [1.82, 2.24) is 9.88 Å². The van der Waals surface area contributed by atoms with Crippen molar-refractivity contribution >= 4 is 39.9 Å². The van der Waals surface area contributed by atoms with Gasteiger partial charge in [0.25, 0.3) is 0 Å². The fourth-order valence-electron chi connectivity index (χ4n) is 5.55. The lowest BCUT2D eigenvalue weighted by molar-refractivity contribution is 0.0923. The standard InChI is InChI=1S/C26H32IN3O2/c27-17-20-8-11-25(28-18-20)30-14-15-32-26-22(4-3-5-23(26)30)24(31)16-19-6-9-21(10-7-19)29-12-1-2-13-29/h3-5,8,11,18-19,21H,1-2,6-7,9-10,12-17H2/t19-,21-. The highest BCUT2D eigenvalue weighted by Crippen LogP contribution is 2.40. The van der Waals surface area contributed by atoms with Gasteiger partial charge in [0.2, 0.25) is 0 Å². The van der Waals surface area contributed by atoms with Crippen molar-refractivity contribution in [1.29, 1.82) is 0 Å². The second-order valence-corrected chi connectivity index (χ2v) is 10.1. The maximum Gasteiger partial charge on any atom is 0.166 e. The molecule has 2 fully saturated rings. The zero-order chi connectivity index (χ0) is 21.9. The number of pyridine rings is 1. The number of aromatic nitrogens is 1. The largest absolute Gasteiger partial charge is 0.489 e. The minimum Gasteiger partial charge on any atom is -0.489 e. The van der Waals surface area contributed by atoms with Gasteiger partial charge >= 0.3 is 0 Å². The predicted molar refractivity (Wildman–Crippen MR) is 136 cm³/mol. The molecule has 32 heavy (non-hydrogen) atoms. The monoisotopic (exact) mass is 545 g/mol. The molecular weight excluding hydrogens is 513 g/mol. The van der Waals surface area contributed by atoms with E-state index >= 15 is 0 Å². The lowest BCUT2D eigenvalue weighted by Gasteiger charge is -2.34. The molecule has 6 heteroatoms. The molecule has 0 bridgehead atoms. The molecule has 3 heterocycles. The van der Waals surface area contributed by atoms with Crippen LogP contribution in [0.4, 0.5) is 11.5 Å². The van der Waals surface area contributed by atoms with Gasteiger partial charge in [-0.1, -0.05) is 34.7 Å². The number of ether oxygens (including phenoxy) is 1. The third-order valence-corrected chi connectivity index (χ3v) is 8.21. The average Bonchev–Trinajstić information content (AvgIpc) is 3.39. The number of para-hydroxylation sites is 1. The molecule has 0 radical (unpaired) electrons. The number of carbonyl (C=O) groups is 1. The molecule has 0 amide bonds. The second kappa shape index (κ2) is 10.1. The van der Waals surface area contributed by atoms with Crippen LogP contribution in [-0.4, -0.2) is 48.0 Å². The molecule has 3 aliphatic rings. The molecule has 2 aromatic rings. The molecule has 0 atom stereocenters. The number of likely N-dealkylation sites (tertiary alicyclic amines) is 1. The van der Waals surface area contributed by atoms with Crippen LogP contribution in [0.15, 0.2) is 36.5 Å². The van der Waals surface area contributed by atoms with Crippen LogP contribution in [0.1, 0.15) is 60.9 Å². The lowest BCUT2D eigenvalue weighted by Crippen LogP contribution is -2.36. The number of halogens is 1. The number of benzene rings is 1. The van der Waals surface area contributed by atoms with Crippen LogP contribution in [-0.2, 0) is 4.43 Å². The molecule has 0 spiro atoms. The van der Waals surface area contributed by atoms with Crippen molar-refractivity contribution in [2.75, 3.05) is 31.1 Å². The number of hydrogen-bond acceptors (Lipinski definition) is 5. The van der Waals surface area contributed by atoms with E-state index in [1.165, 1.54) is 57.2 Å². The molecule has 0 N–H and O–H groups in total. The summed E-state index contributed by atoms with van der Waals surface area (Å²) in [5.41, 5.74) is 2.90. The van der Waals surface area contributed by atoms with Gasteiger partial charge in [-0.15, -0.1) is 0 Å². The number of rotatable bonds is 6. The lowest BCUT2D eigenvalue weighted by atomic mass is 9.81. The molecular formula is C26H32IN3O2. The van der Waals surface area contributed by atoms with Crippen LogP contribution in [0.25, 0.3) is 0 Å². The van der Waals surface area contributed by atoms with Gasteiger partial charge < -0.3 is 14.5 Å². The van der Waals surface area contributed by atoms with E-state index < -0.39 is 0 Å². The van der Waals surface area contributed by atoms with Gasteiger partial charge in [-0.2, -0.15) is 0 Å². The molecule has 1 aliphatic carbocycles. The molecule has 1 aromatic carbocycles. The number of hydrogen-bond donors (Lipinski definition) is 0. The second-order valence-electron chi connectivity index (χ2n) is 9.36. The number of fused-ring (bicyclic) bond motifs is 1. The maximum absolute atomic E-state index is 13.3. The molecule has 2 aliphatic heterocycles. The van der Waals surface area contributed by atoms with Crippen molar-refractivity contribution in [2.24, 2.45) is 5.92 Å². The summed E-state index contributed by atoms with van der Waals surface area (Å²) in [5.74, 6) is 2.36. The summed E-state index contributed by atoms with van der Waals surface area (Å²) >= 11 is 2.35. The summed E-state index contributed by atoms with van der Waals surface area (Å²) in [6, 6.07) is 10.9. The summed E-state index contributed by atoms with van der Waals surface area (Å²) in [6.45, 7) is 3.84. The Morgan fingerprint density at radius 2 is 1.88 bits per heavy atom. The molecule has 1 saturated carbocycles. The zero-order valence-corrected chi connectivity index (χ0v) is 20.8. The number of nitrogens with zero attached hydrogens (tertiary/aromatic N) is 3. The Morgan fingerprint density at radius 3 is 2.59 bits per heavy atom. The summed E-state index contributed by atoms with van der Waals surface area (Å²) in [6.07, 6.45) is 10.1. The molecule has 1 saturated heterocycles. The van der Waals surface area contributed by atoms with E-state index in [0.717, 1.165) is 39.8 Å². The van der Waals surface area contributed by atoms with E-state index in [-0.39, 0.29) is 5.78 Å². The van der Waals surface area contributed by atoms with Gasteiger partial charge in [-0.05, 0) is 81.3 Å².